The molecule has 0 aromatic heterocycles. The molecule has 2 rings (SSSR count). The van der Waals surface area contributed by atoms with Crippen molar-refractivity contribution in [3.8, 4) is 0 Å². The van der Waals surface area contributed by atoms with Gasteiger partial charge in [-0.1, -0.05) is 38.0 Å². The van der Waals surface area contributed by atoms with Gasteiger partial charge in [0.25, 0.3) is 0 Å². The highest BCUT2D eigenvalue weighted by molar-refractivity contribution is 7.89. The predicted molar refractivity (Wildman–Crippen MR) is 76.1 cm³/mol. The maximum absolute atomic E-state index is 12.4. The first-order chi connectivity index (χ1) is 9.03. The summed E-state index contributed by atoms with van der Waals surface area (Å²) in [5.41, 5.74) is 6.28. The van der Waals surface area contributed by atoms with Crippen molar-refractivity contribution in [1.29, 1.82) is 0 Å². The van der Waals surface area contributed by atoms with Crippen molar-refractivity contribution in [1.82, 2.24) is 4.72 Å². The molecule has 1 fully saturated rings. The monoisotopic (exact) mass is 282 g/mol. The van der Waals surface area contributed by atoms with Gasteiger partial charge in [-0.3, -0.25) is 0 Å². The fourth-order valence-electron chi connectivity index (χ4n) is 2.76. The fourth-order valence-corrected chi connectivity index (χ4v) is 4.29. The number of rotatable bonds is 4. The first-order valence-corrected chi connectivity index (χ1v) is 8.31. The third-order valence-corrected chi connectivity index (χ3v) is 5.36. The van der Waals surface area contributed by atoms with Crippen LogP contribution in [0.4, 0.5) is 0 Å². The summed E-state index contributed by atoms with van der Waals surface area (Å²) >= 11 is 0. The fraction of sp³-hybridized carbons (Fsp3) is 0.571. The molecular weight excluding hydrogens is 260 g/mol. The Morgan fingerprint density at radius 2 is 2.05 bits per heavy atom. The van der Waals surface area contributed by atoms with Gasteiger partial charge in [0.15, 0.2) is 0 Å². The van der Waals surface area contributed by atoms with Crippen molar-refractivity contribution < 1.29 is 8.42 Å². The zero-order chi connectivity index (χ0) is 13.9. The van der Waals surface area contributed by atoms with E-state index in [1.54, 1.807) is 18.2 Å². The highest BCUT2D eigenvalue weighted by atomic mass is 32.2. The van der Waals surface area contributed by atoms with Crippen LogP contribution in [0.1, 0.15) is 38.2 Å². The number of sulfonamides is 1. The van der Waals surface area contributed by atoms with Crippen LogP contribution in [0.3, 0.4) is 0 Å². The molecule has 3 N–H and O–H groups in total. The smallest absolute Gasteiger partial charge is 0.241 e. The Morgan fingerprint density at radius 1 is 1.32 bits per heavy atom. The van der Waals surface area contributed by atoms with E-state index in [0.29, 0.717) is 16.4 Å². The van der Waals surface area contributed by atoms with Crippen molar-refractivity contribution >= 4 is 10.0 Å². The second-order valence-corrected chi connectivity index (χ2v) is 7.08. The standard InChI is InChI=1S/C14H22N2O2S/c1-11-5-4-7-13(9-11)16-19(17,18)14-8-3-2-6-12(14)10-15/h2-3,6,8,11,13,16H,4-5,7,9-10,15H2,1H3. The Kier molecular flexibility index (Phi) is 4.60. The lowest BCUT2D eigenvalue weighted by atomic mass is 9.88. The lowest BCUT2D eigenvalue weighted by molar-refractivity contribution is 0.327. The minimum absolute atomic E-state index is 0.0552. The summed E-state index contributed by atoms with van der Waals surface area (Å²) in [7, 11) is -3.46. The second kappa shape index (κ2) is 6.03. The van der Waals surface area contributed by atoms with Gasteiger partial charge in [-0.15, -0.1) is 0 Å². The highest BCUT2D eigenvalue weighted by Gasteiger charge is 2.25. The average Bonchev–Trinajstić information content (AvgIpc) is 2.38. The van der Waals surface area contributed by atoms with Gasteiger partial charge in [0.2, 0.25) is 10.0 Å². The highest BCUT2D eigenvalue weighted by Crippen LogP contribution is 2.25. The van der Waals surface area contributed by atoms with Crippen LogP contribution in [0.25, 0.3) is 0 Å². The number of nitrogens with one attached hydrogen (secondary N) is 1. The first-order valence-electron chi connectivity index (χ1n) is 6.83. The summed E-state index contributed by atoms with van der Waals surface area (Å²) in [6, 6.07) is 6.98. The van der Waals surface area contributed by atoms with Crippen LogP contribution in [0.2, 0.25) is 0 Å². The summed E-state index contributed by atoms with van der Waals surface area (Å²) in [4.78, 5) is 0.315. The molecule has 1 aromatic rings. The van der Waals surface area contributed by atoms with Crippen LogP contribution in [0.15, 0.2) is 29.2 Å². The van der Waals surface area contributed by atoms with E-state index in [2.05, 4.69) is 11.6 Å². The largest absolute Gasteiger partial charge is 0.326 e. The minimum atomic E-state index is -3.46. The Hall–Kier alpha value is -0.910. The summed E-state index contributed by atoms with van der Waals surface area (Å²) < 4.78 is 27.7. The van der Waals surface area contributed by atoms with Crippen LogP contribution in [-0.2, 0) is 16.6 Å². The summed E-state index contributed by atoms with van der Waals surface area (Å²) in [6.07, 6.45) is 4.13. The third-order valence-electron chi connectivity index (χ3n) is 3.74. The Labute approximate surface area is 115 Å². The summed E-state index contributed by atoms with van der Waals surface area (Å²) in [5.74, 6) is 0.589. The quantitative estimate of drug-likeness (QED) is 0.887. The Bertz CT molecular complexity index is 528. The molecule has 1 aliphatic rings. The van der Waals surface area contributed by atoms with Gasteiger partial charge in [-0.2, -0.15) is 0 Å². The normalized spacial score (nSPS) is 24.3. The van der Waals surface area contributed by atoms with E-state index in [9.17, 15) is 8.42 Å². The second-order valence-electron chi connectivity index (χ2n) is 5.40. The summed E-state index contributed by atoms with van der Waals surface area (Å²) in [6.45, 7) is 2.41. The van der Waals surface area contributed by atoms with Gasteiger partial charge in [-0.25, -0.2) is 13.1 Å². The van der Waals surface area contributed by atoms with E-state index in [1.807, 2.05) is 6.07 Å². The van der Waals surface area contributed by atoms with Crippen LogP contribution in [0, 0.1) is 5.92 Å². The molecule has 1 saturated carbocycles. The molecular formula is C14H22N2O2S. The van der Waals surface area contributed by atoms with Crippen LogP contribution < -0.4 is 10.5 Å². The van der Waals surface area contributed by atoms with Gasteiger partial charge in [0.05, 0.1) is 4.90 Å². The molecule has 106 valence electrons. The van der Waals surface area contributed by atoms with E-state index >= 15 is 0 Å². The molecule has 2 atom stereocenters. The molecule has 4 nitrogen and oxygen atoms in total. The van der Waals surface area contributed by atoms with E-state index in [0.717, 1.165) is 19.3 Å². The molecule has 1 aliphatic carbocycles. The topological polar surface area (TPSA) is 72.2 Å². The molecule has 0 amide bonds. The van der Waals surface area contributed by atoms with Crippen molar-refractivity contribution in [2.75, 3.05) is 0 Å². The molecule has 0 aliphatic heterocycles. The Morgan fingerprint density at radius 3 is 2.74 bits per heavy atom. The molecule has 0 radical (unpaired) electrons. The molecule has 5 heteroatoms. The zero-order valence-corrected chi connectivity index (χ0v) is 12.1. The Balaban J connectivity index is 2.18. The number of hydrogen-bond donors (Lipinski definition) is 2. The average molecular weight is 282 g/mol. The maximum Gasteiger partial charge on any atom is 0.241 e. The van der Waals surface area contributed by atoms with E-state index in [-0.39, 0.29) is 12.6 Å². The molecule has 0 spiro atoms. The van der Waals surface area contributed by atoms with Gasteiger partial charge in [0.1, 0.15) is 0 Å². The SMILES string of the molecule is CC1CCCC(NS(=O)(=O)c2ccccc2CN)C1. The number of nitrogens with two attached hydrogens (primary N) is 1. The van der Waals surface area contributed by atoms with Crippen LogP contribution >= 0.6 is 0 Å². The van der Waals surface area contributed by atoms with Crippen molar-refractivity contribution in [2.24, 2.45) is 11.7 Å². The zero-order valence-electron chi connectivity index (χ0n) is 11.3. The summed E-state index contributed by atoms with van der Waals surface area (Å²) in [5, 5.41) is 0. The lowest BCUT2D eigenvalue weighted by Gasteiger charge is -2.27. The van der Waals surface area contributed by atoms with Gasteiger partial charge in [-0.05, 0) is 30.4 Å². The van der Waals surface area contributed by atoms with Crippen LogP contribution in [0.5, 0.6) is 0 Å². The van der Waals surface area contributed by atoms with Gasteiger partial charge < -0.3 is 5.73 Å². The van der Waals surface area contributed by atoms with E-state index in [1.165, 1.54) is 6.42 Å². The minimum Gasteiger partial charge on any atom is -0.326 e. The van der Waals surface area contributed by atoms with Crippen LogP contribution in [-0.4, -0.2) is 14.5 Å². The molecule has 2 unspecified atom stereocenters. The molecule has 0 saturated heterocycles. The number of hydrogen-bond acceptors (Lipinski definition) is 3. The van der Waals surface area contributed by atoms with Gasteiger partial charge >= 0.3 is 0 Å². The third kappa shape index (κ3) is 3.55. The van der Waals surface area contributed by atoms with Crippen molar-refractivity contribution in [2.45, 2.75) is 50.1 Å². The molecule has 1 aromatic carbocycles. The first kappa shape index (κ1) is 14.5. The van der Waals surface area contributed by atoms with E-state index in [4.69, 9.17) is 5.73 Å². The lowest BCUT2D eigenvalue weighted by Crippen LogP contribution is -2.38. The van der Waals surface area contributed by atoms with Gasteiger partial charge in [0, 0.05) is 12.6 Å². The maximum atomic E-state index is 12.4. The number of benzene rings is 1. The predicted octanol–water partition coefficient (Wildman–Crippen LogP) is 2.00. The molecule has 19 heavy (non-hydrogen) atoms. The van der Waals surface area contributed by atoms with Crippen molar-refractivity contribution in [3.05, 3.63) is 29.8 Å². The van der Waals surface area contributed by atoms with E-state index < -0.39 is 10.0 Å². The van der Waals surface area contributed by atoms with Crippen molar-refractivity contribution in [3.63, 3.8) is 0 Å². The molecule has 0 heterocycles. The molecule has 0 bridgehead atoms.